The number of nitrogens with one attached hydrogen (secondary N) is 1. The Morgan fingerprint density at radius 3 is 3.21 bits per heavy atom. The molecular weight excluding hydrogens is 182 g/mol. The highest BCUT2D eigenvalue weighted by molar-refractivity contribution is 5.92. The van der Waals surface area contributed by atoms with Crippen molar-refractivity contribution in [2.24, 2.45) is 0 Å². The van der Waals surface area contributed by atoms with Crippen LogP contribution >= 0.6 is 0 Å². The zero-order valence-corrected chi connectivity index (χ0v) is 8.06. The van der Waals surface area contributed by atoms with Gasteiger partial charge in [-0.3, -0.25) is 4.79 Å². The van der Waals surface area contributed by atoms with Gasteiger partial charge in [0.25, 0.3) is 5.91 Å². The van der Waals surface area contributed by atoms with E-state index in [1.165, 1.54) is 6.26 Å². The Hall–Kier alpha value is -1.36. The van der Waals surface area contributed by atoms with Crippen LogP contribution in [-0.4, -0.2) is 42.1 Å². The minimum Gasteiger partial charge on any atom is -0.364 e. The number of rotatable bonds is 2. The number of amides is 1. The maximum absolute atomic E-state index is 11.7. The van der Waals surface area contributed by atoms with Gasteiger partial charge in [0.05, 0.1) is 0 Å². The highest BCUT2D eigenvalue weighted by Gasteiger charge is 2.26. The summed E-state index contributed by atoms with van der Waals surface area (Å²) in [5.41, 5.74) is 0.391. The highest BCUT2D eigenvalue weighted by Crippen LogP contribution is 2.12. The molecule has 2 rings (SSSR count). The zero-order chi connectivity index (χ0) is 9.97. The van der Waals surface area contributed by atoms with Gasteiger partial charge < -0.3 is 14.7 Å². The van der Waals surface area contributed by atoms with Gasteiger partial charge in [0.1, 0.15) is 6.26 Å². The topological polar surface area (TPSA) is 58.4 Å². The number of hydrogen-bond acceptors (Lipinski definition) is 4. The van der Waals surface area contributed by atoms with Crippen LogP contribution in [0, 0.1) is 0 Å². The van der Waals surface area contributed by atoms with E-state index in [0.717, 1.165) is 19.5 Å². The molecule has 1 N–H and O–H groups in total. The summed E-state index contributed by atoms with van der Waals surface area (Å²) in [6.07, 6.45) is 2.42. The number of nitrogens with zero attached hydrogens (tertiary/aromatic N) is 2. The fourth-order valence-corrected chi connectivity index (χ4v) is 1.67. The van der Waals surface area contributed by atoms with Crippen molar-refractivity contribution < 1.29 is 9.32 Å². The van der Waals surface area contributed by atoms with E-state index in [1.54, 1.807) is 11.0 Å². The van der Waals surface area contributed by atoms with E-state index in [1.807, 2.05) is 7.05 Å². The van der Waals surface area contributed by atoms with Crippen LogP contribution in [0.1, 0.15) is 16.9 Å². The van der Waals surface area contributed by atoms with Gasteiger partial charge in [0.15, 0.2) is 5.69 Å². The van der Waals surface area contributed by atoms with Crippen molar-refractivity contribution in [2.45, 2.75) is 12.5 Å². The summed E-state index contributed by atoms with van der Waals surface area (Å²) in [6.45, 7) is 1.54. The lowest BCUT2D eigenvalue weighted by atomic mass is 10.3. The van der Waals surface area contributed by atoms with Crippen LogP contribution in [-0.2, 0) is 0 Å². The first-order valence-corrected chi connectivity index (χ1v) is 4.68. The number of hydrogen-bond donors (Lipinski definition) is 1. The third-order valence-electron chi connectivity index (χ3n) is 2.54. The van der Waals surface area contributed by atoms with Gasteiger partial charge in [0, 0.05) is 25.2 Å². The minimum atomic E-state index is -0.0449. The van der Waals surface area contributed by atoms with E-state index >= 15 is 0 Å². The third kappa shape index (κ3) is 1.63. The molecule has 0 saturated carbocycles. The molecule has 1 amide bonds. The molecule has 0 spiro atoms. The Labute approximate surface area is 82.1 Å². The summed E-state index contributed by atoms with van der Waals surface area (Å²) in [7, 11) is 1.91. The van der Waals surface area contributed by atoms with Crippen LogP contribution in [0.4, 0.5) is 0 Å². The molecule has 0 bridgehead atoms. The number of likely N-dealkylation sites (tertiary alicyclic amines) is 1. The fraction of sp³-hybridized carbons (Fsp3) is 0.556. The predicted octanol–water partition coefficient (Wildman–Crippen LogP) is 0.108. The molecule has 1 aliphatic rings. The molecule has 14 heavy (non-hydrogen) atoms. The number of carbonyl (C=O) groups excluding carboxylic acids is 1. The smallest absolute Gasteiger partial charge is 0.276 e. The Balaban J connectivity index is 2.00. The summed E-state index contributed by atoms with van der Waals surface area (Å²) < 4.78 is 4.64. The van der Waals surface area contributed by atoms with Gasteiger partial charge >= 0.3 is 0 Å². The summed E-state index contributed by atoms with van der Waals surface area (Å²) >= 11 is 0. The molecule has 76 valence electrons. The average molecular weight is 195 g/mol. The molecule has 1 aromatic heterocycles. The van der Waals surface area contributed by atoms with Crippen molar-refractivity contribution in [3.05, 3.63) is 18.0 Å². The van der Waals surface area contributed by atoms with Crippen LogP contribution in [0.15, 0.2) is 16.9 Å². The maximum Gasteiger partial charge on any atom is 0.276 e. The lowest BCUT2D eigenvalue weighted by Gasteiger charge is -2.14. The summed E-state index contributed by atoms with van der Waals surface area (Å²) in [6, 6.07) is 2.00. The molecule has 1 aliphatic heterocycles. The molecular formula is C9H13N3O2. The van der Waals surface area contributed by atoms with Gasteiger partial charge in [-0.05, 0) is 13.5 Å². The van der Waals surface area contributed by atoms with E-state index in [0.29, 0.717) is 11.7 Å². The van der Waals surface area contributed by atoms with Crippen LogP contribution in [0.25, 0.3) is 0 Å². The second kappa shape index (κ2) is 3.79. The Kier molecular flexibility index (Phi) is 2.49. The molecule has 1 unspecified atom stereocenters. The van der Waals surface area contributed by atoms with Crippen LogP contribution in [0.2, 0.25) is 0 Å². The second-order valence-electron chi connectivity index (χ2n) is 3.41. The van der Waals surface area contributed by atoms with Crippen molar-refractivity contribution in [3.8, 4) is 0 Å². The van der Waals surface area contributed by atoms with Gasteiger partial charge in [-0.15, -0.1) is 0 Å². The van der Waals surface area contributed by atoms with Crippen LogP contribution < -0.4 is 5.32 Å². The van der Waals surface area contributed by atoms with E-state index in [4.69, 9.17) is 0 Å². The van der Waals surface area contributed by atoms with Gasteiger partial charge in [0.2, 0.25) is 0 Å². The van der Waals surface area contributed by atoms with Crippen molar-refractivity contribution in [1.82, 2.24) is 15.4 Å². The molecule has 0 aliphatic carbocycles. The number of likely N-dealkylation sites (N-methyl/N-ethyl adjacent to an activating group) is 1. The lowest BCUT2D eigenvalue weighted by molar-refractivity contribution is 0.0779. The van der Waals surface area contributed by atoms with Gasteiger partial charge in [-0.25, -0.2) is 0 Å². The summed E-state index contributed by atoms with van der Waals surface area (Å²) in [4.78, 5) is 13.5. The SMILES string of the molecule is CNC1CCN(C(=O)c2ccon2)C1. The molecule has 1 atom stereocenters. The molecule has 5 heteroatoms. The summed E-state index contributed by atoms with van der Waals surface area (Å²) in [5.74, 6) is -0.0449. The van der Waals surface area contributed by atoms with Crippen LogP contribution in [0.5, 0.6) is 0 Å². The Bertz CT molecular complexity index is 310. The van der Waals surface area contributed by atoms with Gasteiger partial charge in [-0.2, -0.15) is 0 Å². The first-order chi connectivity index (χ1) is 6.81. The largest absolute Gasteiger partial charge is 0.364 e. The van der Waals surface area contributed by atoms with Crippen molar-refractivity contribution in [1.29, 1.82) is 0 Å². The number of carbonyl (C=O) groups is 1. The molecule has 5 nitrogen and oxygen atoms in total. The molecule has 1 aromatic rings. The van der Waals surface area contributed by atoms with Crippen molar-refractivity contribution >= 4 is 5.91 Å². The van der Waals surface area contributed by atoms with E-state index in [-0.39, 0.29) is 5.91 Å². The normalized spacial score (nSPS) is 21.5. The molecule has 2 heterocycles. The lowest BCUT2D eigenvalue weighted by Crippen LogP contribution is -2.33. The zero-order valence-electron chi connectivity index (χ0n) is 8.06. The first kappa shape index (κ1) is 9.21. The van der Waals surface area contributed by atoms with Crippen molar-refractivity contribution in [3.63, 3.8) is 0 Å². The first-order valence-electron chi connectivity index (χ1n) is 4.68. The highest BCUT2D eigenvalue weighted by atomic mass is 16.5. The predicted molar refractivity (Wildman–Crippen MR) is 49.9 cm³/mol. The standard InChI is InChI=1S/C9H13N3O2/c1-10-7-2-4-12(6-7)9(13)8-3-5-14-11-8/h3,5,7,10H,2,4,6H2,1H3. The number of aromatic nitrogens is 1. The molecule has 0 radical (unpaired) electrons. The maximum atomic E-state index is 11.7. The fourth-order valence-electron chi connectivity index (χ4n) is 1.67. The average Bonchev–Trinajstić information content (AvgIpc) is 2.88. The monoisotopic (exact) mass is 195 g/mol. The second-order valence-corrected chi connectivity index (χ2v) is 3.41. The van der Waals surface area contributed by atoms with E-state index in [2.05, 4.69) is 15.0 Å². The molecule has 0 aromatic carbocycles. The third-order valence-corrected chi connectivity index (χ3v) is 2.54. The van der Waals surface area contributed by atoms with E-state index in [9.17, 15) is 4.79 Å². The Morgan fingerprint density at radius 1 is 1.79 bits per heavy atom. The van der Waals surface area contributed by atoms with Crippen LogP contribution in [0.3, 0.4) is 0 Å². The van der Waals surface area contributed by atoms with Gasteiger partial charge in [-0.1, -0.05) is 5.16 Å². The Morgan fingerprint density at radius 2 is 2.64 bits per heavy atom. The quantitative estimate of drug-likeness (QED) is 0.727. The van der Waals surface area contributed by atoms with E-state index < -0.39 is 0 Å². The molecule has 1 saturated heterocycles. The van der Waals surface area contributed by atoms with Crippen molar-refractivity contribution in [2.75, 3.05) is 20.1 Å². The molecule has 1 fully saturated rings. The minimum absolute atomic E-state index is 0.0449. The summed E-state index contributed by atoms with van der Waals surface area (Å²) in [5, 5.41) is 6.78.